The Hall–Kier alpha value is -2.95. The summed E-state index contributed by atoms with van der Waals surface area (Å²) in [6, 6.07) is 30.0. The van der Waals surface area contributed by atoms with Gasteiger partial charge in [0, 0.05) is 0 Å². The topological polar surface area (TPSA) is 46.2 Å². The number of hydrogen-bond donors (Lipinski definition) is 1. The molecule has 0 fully saturated rings. The molecule has 1 unspecified atom stereocenters. The van der Waals surface area contributed by atoms with E-state index in [1.807, 2.05) is 73.7 Å². The van der Waals surface area contributed by atoms with E-state index in [-0.39, 0.29) is 4.90 Å². The highest BCUT2D eigenvalue weighted by Gasteiger charge is 2.24. The van der Waals surface area contributed by atoms with Crippen molar-refractivity contribution >= 4 is 20.8 Å². The lowest BCUT2D eigenvalue weighted by molar-refractivity contribution is 0.572. The zero-order chi connectivity index (χ0) is 19.6. The van der Waals surface area contributed by atoms with E-state index in [1.54, 1.807) is 30.3 Å². The second kappa shape index (κ2) is 7.58. The van der Waals surface area contributed by atoms with Crippen LogP contribution >= 0.6 is 0 Å². The van der Waals surface area contributed by atoms with E-state index in [1.165, 1.54) is 0 Å². The predicted molar refractivity (Wildman–Crippen MR) is 114 cm³/mol. The van der Waals surface area contributed by atoms with Crippen LogP contribution in [0.3, 0.4) is 0 Å². The Labute approximate surface area is 165 Å². The number of benzene rings is 4. The lowest BCUT2D eigenvalue weighted by atomic mass is 9.94. The van der Waals surface area contributed by atoms with E-state index in [9.17, 15) is 8.42 Å². The molecule has 1 N–H and O–H groups in total. The van der Waals surface area contributed by atoms with E-state index >= 15 is 0 Å². The fourth-order valence-electron chi connectivity index (χ4n) is 3.40. The monoisotopic (exact) mass is 387 g/mol. The Morgan fingerprint density at radius 3 is 2.11 bits per heavy atom. The van der Waals surface area contributed by atoms with Crippen molar-refractivity contribution in [3.05, 3.63) is 114 Å². The summed E-state index contributed by atoms with van der Waals surface area (Å²) in [5, 5.41) is 2.11. The van der Waals surface area contributed by atoms with E-state index < -0.39 is 16.1 Å². The maximum Gasteiger partial charge on any atom is 0.241 e. The van der Waals surface area contributed by atoms with E-state index in [0.29, 0.717) is 0 Å². The first-order valence-corrected chi connectivity index (χ1v) is 10.6. The fourth-order valence-corrected chi connectivity index (χ4v) is 4.62. The van der Waals surface area contributed by atoms with Gasteiger partial charge in [0.2, 0.25) is 10.0 Å². The molecule has 3 nitrogen and oxygen atoms in total. The molecular weight excluding hydrogens is 366 g/mol. The van der Waals surface area contributed by atoms with Gasteiger partial charge >= 0.3 is 0 Å². The Morgan fingerprint density at radius 1 is 0.714 bits per heavy atom. The normalized spacial score (nSPS) is 12.8. The Balaban J connectivity index is 1.86. The summed E-state index contributed by atoms with van der Waals surface area (Å²) < 4.78 is 29.1. The Morgan fingerprint density at radius 2 is 1.36 bits per heavy atom. The van der Waals surface area contributed by atoms with Gasteiger partial charge in [-0.25, -0.2) is 8.42 Å². The molecule has 0 heterocycles. The van der Waals surface area contributed by atoms with E-state index in [2.05, 4.69) is 4.72 Å². The maximum atomic E-state index is 13.1. The molecule has 0 amide bonds. The molecule has 0 aliphatic rings. The van der Waals surface area contributed by atoms with Gasteiger partial charge in [-0.15, -0.1) is 0 Å². The van der Waals surface area contributed by atoms with Gasteiger partial charge in [-0.05, 0) is 41.0 Å². The molecule has 0 aliphatic heterocycles. The minimum atomic E-state index is -3.68. The molecule has 4 heteroatoms. The maximum absolute atomic E-state index is 13.1. The SMILES string of the molecule is Cc1ccc(C(NS(=O)(=O)c2ccccc2)c2cccc3ccccc23)cc1. The van der Waals surface area contributed by atoms with Crippen molar-refractivity contribution in [3.8, 4) is 0 Å². The van der Waals surface area contributed by atoms with Crippen molar-refractivity contribution in [3.63, 3.8) is 0 Å². The van der Waals surface area contributed by atoms with Crippen LogP contribution in [-0.4, -0.2) is 8.42 Å². The molecular formula is C24H21NO2S. The van der Waals surface area contributed by atoms with Gasteiger partial charge in [0.15, 0.2) is 0 Å². The molecule has 4 rings (SSSR count). The third-order valence-electron chi connectivity index (χ3n) is 4.87. The summed E-state index contributed by atoms with van der Waals surface area (Å²) in [5.41, 5.74) is 2.97. The minimum absolute atomic E-state index is 0.257. The van der Waals surface area contributed by atoms with Crippen LogP contribution in [0.25, 0.3) is 10.8 Å². The standard InChI is InChI=1S/C24H21NO2S/c1-18-14-16-20(17-15-18)24(25-28(26,27)21-10-3-2-4-11-21)23-13-7-9-19-8-5-6-12-22(19)23/h2-17,24-25H,1H3. The summed E-state index contributed by atoms with van der Waals surface area (Å²) in [5.74, 6) is 0. The van der Waals surface area contributed by atoms with E-state index in [0.717, 1.165) is 27.5 Å². The molecule has 4 aromatic rings. The van der Waals surface area contributed by atoms with Gasteiger partial charge < -0.3 is 0 Å². The number of sulfonamides is 1. The number of rotatable bonds is 5. The van der Waals surface area contributed by atoms with Gasteiger partial charge in [-0.1, -0.05) is 90.5 Å². The zero-order valence-electron chi connectivity index (χ0n) is 15.5. The van der Waals surface area contributed by atoms with Crippen molar-refractivity contribution in [1.82, 2.24) is 4.72 Å². The smallest absolute Gasteiger partial charge is 0.207 e. The number of fused-ring (bicyclic) bond motifs is 1. The lowest BCUT2D eigenvalue weighted by Crippen LogP contribution is -2.29. The number of hydrogen-bond acceptors (Lipinski definition) is 2. The molecule has 0 spiro atoms. The second-order valence-electron chi connectivity index (χ2n) is 6.85. The first-order chi connectivity index (χ1) is 13.5. The summed E-state index contributed by atoms with van der Waals surface area (Å²) in [7, 11) is -3.68. The quantitative estimate of drug-likeness (QED) is 0.510. The minimum Gasteiger partial charge on any atom is -0.207 e. The molecule has 0 radical (unpaired) electrons. The van der Waals surface area contributed by atoms with Gasteiger partial charge in [-0.3, -0.25) is 0 Å². The van der Waals surface area contributed by atoms with Crippen molar-refractivity contribution in [2.75, 3.05) is 0 Å². The van der Waals surface area contributed by atoms with Gasteiger partial charge in [0.25, 0.3) is 0 Å². The highest BCUT2D eigenvalue weighted by Crippen LogP contribution is 2.30. The first-order valence-electron chi connectivity index (χ1n) is 9.16. The van der Waals surface area contributed by atoms with Crippen LogP contribution in [-0.2, 0) is 10.0 Å². The molecule has 1 atom stereocenters. The third-order valence-corrected chi connectivity index (χ3v) is 6.31. The van der Waals surface area contributed by atoms with Crippen molar-refractivity contribution < 1.29 is 8.42 Å². The summed E-state index contributed by atoms with van der Waals surface area (Å²) in [6.07, 6.45) is 0. The summed E-state index contributed by atoms with van der Waals surface area (Å²) >= 11 is 0. The molecule has 0 aliphatic carbocycles. The Bertz CT molecular complexity index is 1200. The molecule has 28 heavy (non-hydrogen) atoms. The molecule has 0 bridgehead atoms. The van der Waals surface area contributed by atoms with Crippen molar-refractivity contribution in [2.45, 2.75) is 17.9 Å². The molecule has 140 valence electrons. The zero-order valence-corrected chi connectivity index (χ0v) is 16.4. The second-order valence-corrected chi connectivity index (χ2v) is 8.56. The van der Waals surface area contributed by atoms with Crippen LogP contribution in [0.1, 0.15) is 22.7 Å². The van der Waals surface area contributed by atoms with Crippen LogP contribution in [0.15, 0.2) is 102 Å². The highest BCUT2D eigenvalue weighted by atomic mass is 32.2. The van der Waals surface area contributed by atoms with Crippen molar-refractivity contribution in [1.29, 1.82) is 0 Å². The molecule has 0 aromatic heterocycles. The number of aryl methyl sites for hydroxylation is 1. The molecule has 4 aromatic carbocycles. The first kappa shape index (κ1) is 18.4. The van der Waals surface area contributed by atoms with Crippen LogP contribution in [0.2, 0.25) is 0 Å². The fraction of sp³-hybridized carbons (Fsp3) is 0.0833. The molecule has 0 saturated carbocycles. The average molecular weight is 388 g/mol. The lowest BCUT2D eigenvalue weighted by Gasteiger charge is -2.22. The van der Waals surface area contributed by atoms with Crippen LogP contribution < -0.4 is 4.72 Å². The van der Waals surface area contributed by atoms with Crippen LogP contribution in [0, 0.1) is 6.92 Å². The van der Waals surface area contributed by atoms with Crippen LogP contribution in [0.5, 0.6) is 0 Å². The van der Waals surface area contributed by atoms with Gasteiger partial charge in [0.1, 0.15) is 0 Å². The summed E-state index contributed by atoms with van der Waals surface area (Å²) in [4.78, 5) is 0.257. The van der Waals surface area contributed by atoms with Gasteiger partial charge in [0.05, 0.1) is 10.9 Å². The Kier molecular flexibility index (Phi) is 4.99. The predicted octanol–water partition coefficient (Wildman–Crippen LogP) is 5.22. The van der Waals surface area contributed by atoms with Crippen LogP contribution in [0.4, 0.5) is 0 Å². The number of nitrogens with one attached hydrogen (secondary N) is 1. The van der Waals surface area contributed by atoms with Crippen molar-refractivity contribution in [2.24, 2.45) is 0 Å². The van der Waals surface area contributed by atoms with Gasteiger partial charge in [-0.2, -0.15) is 4.72 Å². The highest BCUT2D eigenvalue weighted by molar-refractivity contribution is 7.89. The summed E-state index contributed by atoms with van der Waals surface area (Å²) in [6.45, 7) is 2.02. The molecule has 0 saturated heterocycles. The largest absolute Gasteiger partial charge is 0.241 e. The average Bonchev–Trinajstić information content (AvgIpc) is 2.73. The van der Waals surface area contributed by atoms with E-state index in [4.69, 9.17) is 0 Å². The third kappa shape index (κ3) is 3.70.